The van der Waals surface area contributed by atoms with Crippen LogP contribution in [0.2, 0.25) is 0 Å². The van der Waals surface area contributed by atoms with Gasteiger partial charge in [-0.2, -0.15) is 0 Å². The van der Waals surface area contributed by atoms with Crippen LogP contribution in [0.1, 0.15) is 37.4 Å². The summed E-state index contributed by atoms with van der Waals surface area (Å²) >= 11 is 3.53. The Morgan fingerprint density at radius 1 is 1.00 bits per heavy atom. The van der Waals surface area contributed by atoms with Gasteiger partial charge in [-0.05, 0) is 41.6 Å². The SMILES string of the molecule is Brc1cc(N2CCN(C3CC3)CC2)nc(C2CC2)n1. The molecule has 5 heteroatoms. The molecule has 102 valence electrons. The number of aromatic nitrogens is 2. The lowest BCUT2D eigenvalue weighted by Gasteiger charge is -2.35. The van der Waals surface area contributed by atoms with Gasteiger partial charge in [0, 0.05) is 44.2 Å². The summed E-state index contributed by atoms with van der Waals surface area (Å²) in [5.41, 5.74) is 0. The lowest BCUT2D eigenvalue weighted by molar-refractivity contribution is 0.247. The van der Waals surface area contributed by atoms with E-state index in [1.54, 1.807) is 0 Å². The molecule has 0 unspecified atom stereocenters. The normalized spacial score (nSPS) is 24.8. The van der Waals surface area contributed by atoms with E-state index in [1.165, 1.54) is 38.8 Å². The first-order valence-electron chi connectivity index (χ1n) is 7.33. The number of hydrogen-bond acceptors (Lipinski definition) is 4. The molecule has 0 amide bonds. The zero-order valence-electron chi connectivity index (χ0n) is 11.1. The van der Waals surface area contributed by atoms with Crippen LogP contribution in [-0.2, 0) is 0 Å². The first-order chi connectivity index (χ1) is 9.29. The van der Waals surface area contributed by atoms with E-state index in [-0.39, 0.29) is 0 Å². The monoisotopic (exact) mass is 322 g/mol. The van der Waals surface area contributed by atoms with Crippen molar-refractivity contribution in [2.45, 2.75) is 37.6 Å². The molecule has 0 aromatic carbocycles. The number of rotatable bonds is 3. The van der Waals surface area contributed by atoms with E-state index in [4.69, 9.17) is 4.98 Å². The maximum Gasteiger partial charge on any atom is 0.135 e. The van der Waals surface area contributed by atoms with E-state index in [9.17, 15) is 0 Å². The van der Waals surface area contributed by atoms with Crippen LogP contribution in [0.3, 0.4) is 0 Å². The molecule has 1 aromatic rings. The van der Waals surface area contributed by atoms with E-state index in [0.29, 0.717) is 5.92 Å². The molecular formula is C14H19BrN4. The predicted molar refractivity (Wildman–Crippen MR) is 78.5 cm³/mol. The molecule has 1 saturated heterocycles. The van der Waals surface area contributed by atoms with E-state index >= 15 is 0 Å². The van der Waals surface area contributed by atoms with Gasteiger partial charge in [0.05, 0.1) is 0 Å². The molecule has 3 aliphatic rings. The van der Waals surface area contributed by atoms with Crippen LogP contribution in [0.15, 0.2) is 10.7 Å². The minimum absolute atomic E-state index is 0.615. The number of hydrogen-bond donors (Lipinski definition) is 0. The molecule has 2 saturated carbocycles. The number of piperazine rings is 1. The second-order valence-electron chi connectivity index (χ2n) is 5.94. The largest absolute Gasteiger partial charge is 0.354 e. The average Bonchev–Trinajstić information content (AvgIpc) is 3.31. The Bertz CT molecular complexity index is 476. The van der Waals surface area contributed by atoms with E-state index < -0.39 is 0 Å². The zero-order chi connectivity index (χ0) is 12.8. The number of halogens is 1. The maximum atomic E-state index is 4.77. The Balaban J connectivity index is 1.49. The van der Waals surface area contributed by atoms with Crippen molar-refractivity contribution in [3.05, 3.63) is 16.5 Å². The highest BCUT2D eigenvalue weighted by Crippen LogP contribution is 2.39. The van der Waals surface area contributed by atoms with Crippen molar-refractivity contribution in [1.29, 1.82) is 0 Å². The molecule has 2 heterocycles. The molecule has 0 radical (unpaired) electrons. The number of anilines is 1. The average molecular weight is 323 g/mol. The summed E-state index contributed by atoms with van der Waals surface area (Å²) in [7, 11) is 0. The lowest BCUT2D eigenvalue weighted by Crippen LogP contribution is -2.47. The summed E-state index contributed by atoms with van der Waals surface area (Å²) in [5.74, 6) is 2.76. The Kier molecular flexibility index (Phi) is 2.99. The Morgan fingerprint density at radius 2 is 1.74 bits per heavy atom. The quantitative estimate of drug-likeness (QED) is 0.800. The van der Waals surface area contributed by atoms with Crippen LogP contribution in [0.5, 0.6) is 0 Å². The van der Waals surface area contributed by atoms with E-state index in [0.717, 1.165) is 35.4 Å². The van der Waals surface area contributed by atoms with Gasteiger partial charge in [0.1, 0.15) is 16.2 Å². The highest BCUT2D eigenvalue weighted by Gasteiger charge is 2.32. The van der Waals surface area contributed by atoms with Crippen molar-refractivity contribution in [1.82, 2.24) is 14.9 Å². The van der Waals surface area contributed by atoms with Gasteiger partial charge in [-0.15, -0.1) is 0 Å². The molecule has 0 bridgehead atoms. The fraction of sp³-hybridized carbons (Fsp3) is 0.714. The molecule has 4 nitrogen and oxygen atoms in total. The van der Waals surface area contributed by atoms with Crippen LogP contribution in [0, 0.1) is 0 Å². The Hall–Kier alpha value is -0.680. The summed E-state index contributed by atoms with van der Waals surface area (Å²) in [6.45, 7) is 4.57. The fourth-order valence-corrected chi connectivity index (χ4v) is 3.25. The molecular weight excluding hydrogens is 304 g/mol. The molecule has 3 fully saturated rings. The van der Waals surface area contributed by atoms with Gasteiger partial charge in [-0.1, -0.05) is 0 Å². The van der Waals surface area contributed by atoms with Gasteiger partial charge in [-0.25, -0.2) is 9.97 Å². The minimum atomic E-state index is 0.615. The van der Waals surface area contributed by atoms with E-state index in [2.05, 4.69) is 36.8 Å². The fourth-order valence-electron chi connectivity index (χ4n) is 2.86. The highest BCUT2D eigenvalue weighted by atomic mass is 79.9. The predicted octanol–water partition coefficient (Wildman–Crippen LogP) is 2.40. The molecule has 4 rings (SSSR count). The van der Waals surface area contributed by atoms with Crippen LogP contribution in [0.25, 0.3) is 0 Å². The molecule has 1 aliphatic heterocycles. The molecule has 0 spiro atoms. The maximum absolute atomic E-state index is 4.77. The van der Waals surface area contributed by atoms with Gasteiger partial charge in [0.2, 0.25) is 0 Å². The van der Waals surface area contributed by atoms with Crippen LogP contribution in [-0.4, -0.2) is 47.1 Å². The molecule has 0 N–H and O–H groups in total. The first kappa shape index (κ1) is 12.1. The standard InChI is InChI=1S/C14H19BrN4/c15-12-9-13(17-14(16-12)10-1-2-10)19-7-5-18(6-8-19)11-3-4-11/h9-11H,1-8H2. The third-order valence-electron chi connectivity index (χ3n) is 4.34. The van der Waals surface area contributed by atoms with Crippen molar-refractivity contribution >= 4 is 21.7 Å². The topological polar surface area (TPSA) is 32.3 Å². The van der Waals surface area contributed by atoms with Crippen molar-refractivity contribution in [3.8, 4) is 0 Å². The van der Waals surface area contributed by atoms with Crippen LogP contribution in [0.4, 0.5) is 5.82 Å². The smallest absolute Gasteiger partial charge is 0.135 e. The third-order valence-corrected chi connectivity index (χ3v) is 4.75. The summed E-state index contributed by atoms with van der Waals surface area (Å²) in [4.78, 5) is 14.3. The Labute approximate surface area is 122 Å². The molecule has 19 heavy (non-hydrogen) atoms. The second kappa shape index (κ2) is 4.70. The first-order valence-corrected chi connectivity index (χ1v) is 8.12. The third kappa shape index (κ3) is 2.63. The molecule has 2 aliphatic carbocycles. The summed E-state index contributed by atoms with van der Waals surface area (Å²) in [6.07, 6.45) is 5.33. The van der Waals surface area contributed by atoms with Gasteiger partial charge in [0.25, 0.3) is 0 Å². The highest BCUT2D eigenvalue weighted by molar-refractivity contribution is 9.10. The zero-order valence-corrected chi connectivity index (χ0v) is 12.6. The molecule has 0 atom stereocenters. The van der Waals surface area contributed by atoms with Gasteiger partial charge >= 0.3 is 0 Å². The summed E-state index contributed by atoms with van der Waals surface area (Å²) in [5, 5.41) is 0. The van der Waals surface area contributed by atoms with Crippen molar-refractivity contribution in [2.75, 3.05) is 31.1 Å². The van der Waals surface area contributed by atoms with Gasteiger partial charge in [0.15, 0.2) is 0 Å². The van der Waals surface area contributed by atoms with Gasteiger partial charge < -0.3 is 4.90 Å². The van der Waals surface area contributed by atoms with Crippen molar-refractivity contribution in [2.24, 2.45) is 0 Å². The van der Waals surface area contributed by atoms with Crippen molar-refractivity contribution < 1.29 is 0 Å². The lowest BCUT2D eigenvalue weighted by atomic mass is 10.3. The summed E-state index contributed by atoms with van der Waals surface area (Å²) < 4.78 is 0.934. The minimum Gasteiger partial charge on any atom is -0.354 e. The number of nitrogens with zero attached hydrogens (tertiary/aromatic N) is 4. The Morgan fingerprint density at radius 3 is 2.37 bits per heavy atom. The second-order valence-corrected chi connectivity index (χ2v) is 6.75. The van der Waals surface area contributed by atoms with E-state index in [1.807, 2.05) is 0 Å². The molecule has 1 aromatic heterocycles. The van der Waals surface area contributed by atoms with Crippen molar-refractivity contribution in [3.63, 3.8) is 0 Å². The van der Waals surface area contributed by atoms with Crippen LogP contribution >= 0.6 is 15.9 Å². The summed E-state index contributed by atoms with van der Waals surface area (Å²) in [6, 6.07) is 2.96. The van der Waals surface area contributed by atoms with Crippen LogP contribution < -0.4 is 4.90 Å². The van der Waals surface area contributed by atoms with Gasteiger partial charge in [-0.3, -0.25) is 4.90 Å².